The lowest BCUT2D eigenvalue weighted by atomic mass is 10.1. The van der Waals surface area contributed by atoms with E-state index in [1.165, 1.54) is 7.11 Å². The Morgan fingerprint density at radius 1 is 1.50 bits per heavy atom. The van der Waals surface area contributed by atoms with Gasteiger partial charge in [0, 0.05) is 6.54 Å². The van der Waals surface area contributed by atoms with Gasteiger partial charge in [0.25, 0.3) is 0 Å². The number of carbonyl (C=O) groups is 1. The molecule has 0 amide bonds. The predicted molar refractivity (Wildman–Crippen MR) is 65.6 cm³/mol. The van der Waals surface area contributed by atoms with Gasteiger partial charge < -0.3 is 15.2 Å². The van der Waals surface area contributed by atoms with E-state index in [4.69, 9.17) is 5.26 Å². The van der Waals surface area contributed by atoms with E-state index in [0.717, 1.165) is 0 Å². The van der Waals surface area contributed by atoms with E-state index in [9.17, 15) is 9.90 Å². The molecular weight excluding hydrogens is 232 g/mol. The molecule has 0 heterocycles. The van der Waals surface area contributed by atoms with Gasteiger partial charge in [0.2, 0.25) is 0 Å². The zero-order chi connectivity index (χ0) is 13.5. The Balaban J connectivity index is 2.52. The third-order valence-corrected chi connectivity index (χ3v) is 2.60. The Kier molecular flexibility index (Phi) is 5.31. The molecule has 0 aromatic heterocycles. The largest absolute Gasteiger partial charge is 0.468 e. The summed E-state index contributed by atoms with van der Waals surface area (Å²) in [5.41, 5.74) is 1.24. The second kappa shape index (κ2) is 6.74. The van der Waals surface area contributed by atoms with Crippen molar-refractivity contribution in [3.63, 3.8) is 0 Å². The molecule has 0 radical (unpaired) electrons. The Morgan fingerprint density at radius 3 is 2.61 bits per heavy atom. The quantitative estimate of drug-likeness (QED) is 0.751. The van der Waals surface area contributed by atoms with Crippen LogP contribution in [0.15, 0.2) is 24.3 Å². The molecule has 1 aromatic rings. The maximum Gasteiger partial charge on any atom is 0.322 e. The fraction of sp³-hybridized carbons (Fsp3) is 0.385. The minimum absolute atomic E-state index is 0.238. The molecule has 0 saturated heterocycles. The number of ether oxygens (including phenoxy) is 1. The first-order valence-corrected chi connectivity index (χ1v) is 5.57. The number of hydrogen-bond donors (Lipinski definition) is 2. The van der Waals surface area contributed by atoms with Crippen LogP contribution >= 0.6 is 0 Å². The molecule has 0 saturated carbocycles. The van der Waals surface area contributed by atoms with E-state index in [1.807, 2.05) is 6.07 Å². The number of nitrogens with one attached hydrogen (secondary N) is 1. The molecule has 5 nitrogen and oxygen atoms in total. The van der Waals surface area contributed by atoms with Crippen LogP contribution in [0.5, 0.6) is 0 Å². The first kappa shape index (κ1) is 14.2. The third kappa shape index (κ3) is 3.84. The van der Waals surface area contributed by atoms with Crippen LogP contribution in [0.1, 0.15) is 24.2 Å². The molecule has 0 aliphatic carbocycles. The lowest BCUT2D eigenvalue weighted by molar-refractivity contribution is -0.142. The van der Waals surface area contributed by atoms with Crippen LogP contribution in [0.25, 0.3) is 0 Å². The van der Waals surface area contributed by atoms with Gasteiger partial charge in [-0.05, 0) is 24.6 Å². The number of rotatable bonds is 5. The summed E-state index contributed by atoms with van der Waals surface area (Å²) in [5, 5.41) is 21.4. The Bertz CT molecular complexity index is 437. The molecule has 0 spiro atoms. The van der Waals surface area contributed by atoms with Crippen LogP contribution in [-0.2, 0) is 9.53 Å². The first-order valence-electron chi connectivity index (χ1n) is 5.57. The Morgan fingerprint density at radius 2 is 2.11 bits per heavy atom. The van der Waals surface area contributed by atoms with Crippen molar-refractivity contribution in [3.05, 3.63) is 35.4 Å². The molecule has 2 N–H and O–H groups in total. The van der Waals surface area contributed by atoms with Gasteiger partial charge in [-0.1, -0.05) is 12.1 Å². The second-order valence-corrected chi connectivity index (χ2v) is 3.90. The van der Waals surface area contributed by atoms with E-state index < -0.39 is 12.1 Å². The minimum Gasteiger partial charge on any atom is -0.468 e. The van der Waals surface area contributed by atoms with E-state index in [1.54, 1.807) is 31.2 Å². The highest BCUT2D eigenvalue weighted by Crippen LogP contribution is 2.12. The highest BCUT2D eigenvalue weighted by molar-refractivity contribution is 5.75. The van der Waals surface area contributed by atoms with Crippen molar-refractivity contribution in [2.24, 2.45) is 0 Å². The van der Waals surface area contributed by atoms with Crippen LogP contribution in [0.3, 0.4) is 0 Å². The van der Waals surface area contributed by atoms with Gasteiger partial charge in [-0.3, -0.25) is 4.79 Å². The van der Waals surface area contributed by atoms with E-state index in [2.05, 4.69) is 10.1 Å². The normalized spacial score (nSPS) is 13.4. The van der Waals surface area contributed by atoms with Gasteiger partial charge in [-0.2, -0.15) is 5.26 Å². The average molecular weight is 248 g/mol. The van der Waals surface area contributed by atoms with Crippen molar-refractivity contribution >= 4 is 5.97 Å². The highest BCUT2D eigenvalue weighted by atomic mass is 16.5. The lowest BCUT2D eigenvalue weighted by Crippen LogP contribution is -2.37. The summed E-state index contributed by atoms with van der Waals surface area (Å²) in [6.45, 7) is 1.90. The summed E-state index contributed by atoms with van der Waals surface area (Å²) in [6, 6.07) is 8.20. The maximum atomic E-state index is 11.1. The number of aliphatic hydroxyl groups is 1. The summed E-state index contributed by atoms with van der Waals surface area (Å²) in [5.74, 6) is -0.373. The number of benzene rings is 1. The average Bonchev–Trinajstić information content (AvgIpc) is 2.43. The molecule has 0 fully saturated rings. The summed E-state index contributed by atoms with van der Waals surface area (Å²) < 4.78 is 4.56. The van der Waals surface area contributed by atoms with Gasteiger partial charge in [-0.25, -0.2) is 0 Å². The van der Waals surface area contributed by atoms with Gasteiger partial charge in [0.05, 0.1) is 24.8 Å². The number of esters is 1. The minimum atomic E-state index is -0.732. The Labute approximate surface area is 106 Å². The maximum absolute atomic E-state index is 11.1. The predicted octanol–water partition coefficient (Wildman–Crippen LogP) is 0.743. The van der Waals surface area contributed by atoms with Gasteiger partial charge in [0.15, 0.2) is 0 Å². The van der Waals surface area contributed by atoms with Crippen LogP contribution in [0, 0.1) is 11.3 Å². The van der Waals surface area contributed by atoms with Gasteiger partial charge >= 0.3 is 5.97 Å². The molecule has 2 unspecified atom stereocenters. The number of methoxy groups -OCH3 is 1. The fourth-order valence-corrected chi connectivity index (χ4v) is 1.45. The van der Waals surface area contributed by atoms with Crippen molar-refractivity contribution in [1.82, 2.24) is 5.32 Å². The van der Waals surface area contributed by atoms with Crippen LogP contribution in [0.2, 0.25) is 0 Å². The van der Waals surface area contributed by atoms with Crippen molar-refractivity contribution in [2.75, 3.05) is 13.7 Å². The van der Waals surface area contributed by atoms with Crippen LogP contribution < -0.4 is 5.32 Å². The smallest absolute Gasteiger partial charge is 0.322 e. The molecule has 0 aliphatic heterocycles. The van der Waals surface area contributed by atoms with E-state index in [-0.39, 0.29) is 12.5 Å². The molecule has 1 rings (SSSR count). The van der Waals surface area contributed by atoms with Crippen LogP contribution in [0.4, 0.5) is 0 Å². The van der Waals surface area contributed by atoms with Crippen molar-refractivity contribution in [3.8, 4) is 6.07 Å². The van der Waals surface area contributed by atoms with Crippen LogP contribution in [-0.4, -0.2) is 30.8 Å². The number of hydrogen-bond acceptors (Lipinski definition) is 5. The number of nitriles is 1. The molecule has 5 heteroatoms. The van der Waals surface area contributed by atoms with Crippen molar-refractivity contribution in [2.45, 2.75) is 19.1 Å². The molecular formula is C13H16N2O3. The topological polar surface area (TPSA) is 82.3 Å². The fourth-order valence-electron chi connectivity index (χ4n) is 1.45. The summed E-state index contributed by atoms with van der Waals surface area (Å²) in [4.78, 5) is 11.1. The number of nitrogens with zero attached hydrogens (tertiary/aromatic N) is 1. The van der Waals surface area contributed by atoms with E-state index in [0.29, 0.717) is 11.1 Å². The zero-order valence-electron chi connectivity index (χ0n) is 10.4. The summed E-state index contributed by atoms with van der Waals surface area (Å²) in [7, 11) is 1.32. The number of aliphatic hydroxyl groups excluding tert-OH is 1. The molecule has 2 atom stereocenters. The molecule has 0 aliphatic rings. The summed E-state index contributed by atoms with van der Waals surface area (Å²) >= 11 is 0. The first-order chi connectivity index (χ1) is 8.58. The summed E-state index contributed by atoms with van der Waals surface area (Å²) in [6.07, 6.45) is -0.732. The lowest BCUT2D eigenvalue weighted by Gasteiger charge is -2.15. The standard InChI is InChI=1S/C13H16N2O3/c1-9(13(17)18-2)15-8-12(16)11-5-3-10(7-14)4-6-11/h3-6,9,12,15-16H,8H2,1-2H3. The molecule has 96 valence electrons. The van der Waals surface area contributed by atoms with Gasteiger partial charge in [0.1, 0.15) is 6.04 Å². The van der Waals surface area contributed by atoms with Crippen molar-refractivity contribution in [1.29, 1.82) is 5.26 Å². The van der Waals surface area contributed by atoms with Gasteiger partial charge in [-0.15, -0.1) is 0 Å². The molecule has 18 heavy (non-hydrogen) atoms. The highest BCUT2D eigenvalue weighted by Gasteiger charge is 2.14. The SMILES string of the molecule is COC(=O)C(C)NCC(O)c1ccc(C#N)cc1. The Hall–Kier alpha value is -1.90. The number of carbonyl (C=O) groups excluding carboxylic acids is 1. The molecule has 0 bridgehead atoms. The monoisotopic (exact) mass is 248 g/mol. The van der Waals surface area contributed by atoms with E-state index >= 15 is 0 Å². The molecule has 1 aromatic carbocycles. The second-order valence-electron chi connectivity index (χ2n) is 3.90. The zero-order valence-corrected chi connectivity index (χ0v) is 10.4. The third-order valence-electron chi connectivity index (χ3n) is 2.60. The van der Waals surface area contributed by atoms with Crippen molar-refractivity contribution < 1.29 is 14.6 Å².